The van der Waals surface area contributed by atoms with Gasteiger partial charge in [0.05, 0.1) is 5.56 Å². The standard InChI is InChI=1S/C12H11NO2/c1-8-3-4-9-5-6-11(14)10(7-13-2)12(9)15-8/h3-7,14H,1H2,2H3/b13-7+. The van der Waals surface area contributed by atoms with Crippen LogP contribution in [0.5, 0.6) is 11.5 Å². The van der Waals surface area contributed by atoms with E-state index in [2.05, 4.69) is 11.6 Å². The van der Waals surface area contributed by atoms with Crippen molar-refractivity contribution in [3.63, 3.8) is 0 Å². The molecule has 0 spiro atoms. The fraction of sp³-hybridized carbons (Fsp3) is 0.0833. The van der Waals surface area contributed by atoms with Crippen LogP contribution < -0.4 is 4.74 Å². The molecule has 76 valence electrons. The van der Waals surface area contributed by atoms with Gasteiger partial charge in [0.25, 0.3) is 0 Å². The fourth-order valence-electron chi connectivity index (χ4n) is 1.45. The third kappa shape index (κ3) is 1.64. The molecule has 0 bridgehead atoms. The highest BCUT2D eigenvalue weighted by molar-refractivity contribution is 5.90. The van der Waals surface area contributed by atoms with Gasteiger partial charge in [-0.3, -0.25) is 4.99 Å². The molecule has 1 aromatic rings. The number of phenols is 1. The average Bonchev–Trinajstić information content (AvgIpc) is 2.23. The molecule has 3 nitrogen and oxygen atoms in total. The normalized spacial score (nSPS) is 14.1. The molecule has 0 unspecified atom stereocenters. The van der Waals surface area contributed by atoms with Gasteiger partial charge in [0.1, 0.15) is 17.3 Å². The van der Waals surface area contributed by atoms with Gasteiger partial charge in [0, 0.05) is 18.8 Å². The van der Waals surface area contributed by atoms with E-state index < -0.39 is 0 Å². The maximum absolute atomic E-state index is 9.66. The molecule has 0 aromatic heterocycles. The van der Waals surface area contributed by atoms with Gasteiger partial charge in [-0.1, -0.05) is 6.58 Å². The van der Waals surface area contributed by atoms with E-state index in [1.54, 1.807) is 31.5 Å². The first-order chi connectivity index (χ1) is 7.22. The summed E-state index contributed by atoms with van der Waals surface area (Å²) in [7, 11) is 1.65. The molecule has 0 aliphatic carbocycles. The second kappa shape index (κ2) is 3.61. The zero-order valence-electron chi connectivity index (χ0n) is 8.40. The fourth-order valence-corrected chi connectivity index (χ4v) is 1.45. The van der Waals surface area contributed by atoms with Crippen molar-refractivity contribution < 1.29 is 9.84 Å². The monoisotopic (exact) mass is 201 g/mol. The number of nitrogens with zero attached hydrogens (tertiary/aromatic N) is 1. The molecule has 1 aliphatic heterocycles. The van der Waals surface area contributed by atoms with Crippen molar-refractivity contribution in [3.8, 4) is 11.5 Å². The Balaban J connectivity index is 2.64. The van der Waals surface area contributed by atoms with E-state index in [9.17, 15) is 5.11 Å². The maximum Gasteiger partial charge on any atom is 0.147 e. The van der Waals surface area contributed by atoms with Crippen LogP contribution in [0.1, 0.15) is 11.1 Å². The summed E-state index contributed by atoms with van der Waals surface area (Å²) >= 11 is 0. The Morgan fingerprint density at radius 3 is 2.93 bits per heavy atom. The highest BCUT2D eigenvalue weighted by atomic mass is 16.5. The van der Waals surface area contributed by atoms with Crippen molar-refractivity contribution in [3.05, 3.63) is 41.7 Å². The van der Waals surface area contributed by atoms with E-state index in [0.717, 1.165) is 5.56 Å². The molecular formula is C12H11NO2. The van der Waals surface area contributed by atoms with E-state index >= 15 is 0 Å². The van der Waals surface area contributed by atoms with E-state index in [1.807, 2.05) is 6.08 Å². The van der Waals surface area contributed by atoms with Crippen molar-refractivity contribution in [2.75, 3.05) is 7.05 Å². The Hall–Kier alpha value is -2.03. The molecule has 1 aromatic carbocycles. The van der Waals surface area contributed by atoms with Gasteiger partial charge in [0.15, 0.2) is 0 Å². The highest BCUT2D eigenvalue weighted by Crippen LogP contribution is 2.34. The van der Waals surface area contributed by atoms with E-state index in [0.29, 0.717) is 17.1 Å². The molecule has 0 amide bonds. The first kappa shape index (κ1) is 9.52. The van der Waals surface area contributed by atoms with Gasteiger partial charge < -0.3 is 9.84 Å². The zero-order chi connectivity index (χ0) is 10.8. The maximum atomic E-state index is 9.66. The van der Waals surface area contributed by atoms with Gasteiger partial charge >= 0.3 is 0 Å². The summed E-state index contributed by atoms with van der Waals surface area (Å²) < 4.78 is 5.46. The summed E-state index contributed by atoms with van der Waals surface area (Å²) in [4.78, 5) is 3.88. The van der Waals surface area contributed by atoms with Gasteiger partial charge in [-0.25, -0.2) is 0 Å². The molecular weight excluding hydrogens is 190 g/mol. The lowest BCUT2D eigenvalue weighted by atomic mass is 10.1. The van der Waals surface area contributed by atoms with E-state index in [1.165, 1.54) is 0 Å². The number of rotatable bonds is 1. The topological polar surface area (TPSA) is 41.8 Å². The lowest BCUT2D eigenvalue weighted by Crippen LogP contribution is -2.01. The van der Waals surface area contributed by atoms with Crippen LogP contribution in [0.25, 0.3) is 6.08 Å². The minimum absolute atomic E-state index is 0.155. The van der Waals surface area contributed by atoms with Crippen molar-refractivity contribution in [2.45, 2.75) is 0 Å². The molecule has 0 fully saturated rings. The molecule has 0 radical (unpaired) electrons. The van der Waals surface area contributed by atoms with Crippen molar-refractivity contribution in [2.24, 2.45) is 4.99 Å². The van der Waals surface area contributed by atoms with Crippen LogP contribution in [0, 0.1) is 0 Å². The summed E-state index contributed by atoms with van der Waals surface area (Å²) in [6.45, 7) is 3.71. The number of aliphatic imine (C=N–C) groups is 1. The van der Waals surface area contributed by atoms with Gasteiger partial charge in [-0.2, -0.15) is 0 Å². The van der Waals surface area contributed by atoms with Crippen LogP contribution in [0.15, 0.2) is 35.5 Å². The van der Waals surface area contributed by atoms with Gasteiger partial charge in [-0.05, 0) is 24.3 Å². The van der Waals surface area contributed by atoms with E-state index in [-0.39, 0.29) is 5.75 Å². The predicted molar refractivity (Wildman–Crippen MR) is 60.4 cm³/mol. The zero-order valence-corrected chi connectivity index (χ0v) is 8.40. The molecule has 2 rings (SSSR count). The smallest absolute Gasteiger partial charge is 0.147 e. The summed E-state index contributed by atoms with van der Waals surface area (Å²) in [6, 6.07) is 3.41. The highest BCUT2D eigenvalue weighted by Gasteiger charge is 2.15. The SMILES string of the molecule is C=C1C=Cc2ccc(O)c(/C=N/C)c2O1. The second-order valence-electron chi connectivity index (χ2n) is 3.21. The molecule has 0 saturated heterocycles. The Kier molecular flexibility index (Phi) is 2.29. The van der Waals surface area contributed by atoms with Crippen LogP contribution in [-0.2, 0) is 0 Å². The number of hydrogen-bond donors (Lipinski definition) is 1. The number of hydrogen-bond acceptors (Lipinski definition) is 3. The van der Waals surface area contributed by atoms with E-state index in [4.69, 9.17) is 4.74 Å². The number of allylic oxidation sites excluding steroid dienone is 1. The summed E-state index contributed by atoms with van der Waals surface area (Å²) in [5.41, 5.74) is 1.50. The average molecular weight is 201 g/mol. The minimum atomic E-state index is 0.155. The molecule has 0 saturated carbocycles. The number of fused-ring (bicyclic) bond motifs is 1. The van der Waals surface area contributed by atoms with Crippen molar-refractivity contribution in [1.82, 2.24) is 0 Å². The van der Waals surface area contributed by atoms with Crippen LogP contribution in [0.3, 0.4) is 0 Å². The molecule has 1 heterocycles. The Morgan fingerprint density at radius 2 is 2.20 bits per heavy atom. The number of ether oxygens (including phenoxy) is 1. The van der Waals surface area contributed by atoms with Crippen molar-refractivity contribution in [1.29, 1.82) is 0 Å². The third-order valence-electron chi connectivity index (χ3n) is 2.14. The minimum Gasteiger partial charge on any atom is -0.507 e. The quantitative estimate of drug-likeness (QED) is 0.708. The summed E-state index contributed by atoms with van der Waals surface area (Å²) in [5.74, 6) is 1.31. The molecule has 0 atom stereocenters. The molecule has 1 N–H and O–H groups in total. The van der Waals surface area contributed by atoms with Crippen LogP contribution in [-0.4, -0.2) is 18.4 Å². The lowest BCUT2D eigenvalue weighted by molar-refractivity contribution is 0.429. The second-order valence-corrected chi connectivity index (χ2v) is 3.21. The van der Waals surface area contributed by atoms with Crippen molar-refractivity contribution >= 4 is 12.3 Å². The Bertz CT molecular complexity index is 473. The molecule has 3 heteroatoms. The summed E-state index contributed by atoms with van der Waals surface area (Å²) in [5, 5.41) is 9.66. The van der Waals surface area contributed by atoms with Crippen LogP contribution >= 0.6 is 0 Å². The lowest BCUT2D eigenvalue weighted by Gasteiger charge is -2.16. The van der Waals surface area contributed by atoms with Gasteiger partial charge in [0.2, 0.25) is 0 Å². The largest absolute Gasteiger partial charge is 0.507 e. The third-order valence-corrected chi connectivity index (χ3v) is 2.14. The predicted octanol–water partition coefficient (Wildman–Crippen LogP) is 2.36. The molecule has 1 aliphatic rings. The van der Waals surface area contributed by atoms with Crippen LogP contribution in [0.4, 0.5) is 0 Å². The Labute approximate surface area is 88.0 Å². The van der Waals surface area contributed by atoms with Gasteiger partial charge in [-0.15, -0.1) is 0 Å². The molecule has 15 heavy (non-hydrogen) atoms. The number of aromatic hydroxyl groups is 1. The summed E-state index contributed by atoms with van der Waals surface area (Å²) in [6.07, 6.45) is 5.25. The number of phenolic OH excluding ortho intramolecular Hbond substituents is 1. The first-order valence-electron chi connectivity index (χ1n) is 4.55. The first-order valence-corrected chi connectivity index (χ1v) is 4.55. The Morgan fingerprint density at radius 1 is 1.40 bits per heavy atom. The number of benzene rings is 1. The van der Waals surface area contributed by atoms with Crippen LogP contribution in [0.2, 0.25) is 0 Å².